The summed E-state index contributed by atoms with van der Waals surface area (Å²) in [4.78, 5) is 2.37. The van der Waals surface area contributed by atoms with Gasteiger partial charge in [0.1, 0.15) is 11.9 Å². The van der Waals surface area contributed by atoms with Gasteiger partial charge in [-0.3, -0.25) is 4.90 Å². The molecule has 0 saturated carbocycles. The molecule has 4 nitrogen and oxygen atoms in total. The second-order valence-electron chi connectivity index (χ2n) is 4.11. The highest BCUT2D eigenvalue weighted by Gasteiger charge is 2.23. The number of aliphatic hydroxyl groups excluding tert-OH is 1. The van der Waals surface area contributed by atoms with Gasteiger partial charge >= 0.3 is 0 Å². The van der Waals surface area contributed by atoms with Crippen LogP contribution in [0, 0.1) is 0 Å². The van der Waals surface area contributed by atoms with E-state index in [4.69, 9.17) is 14.3 Å². The van der Waals surface area contributed by atoms with Crippen LogP contribution in [0.2, 0.25) is 0 Å². The largest absolute Gasteiger partial charge is 0.467 e. The second kappa shape index (κ2) is 6.03. The molecule has 1 atom stereocenters. The number of rotatable bonds is 5. The molecule has 1 saturated heterocycles. The van der Waals surface area contributed by atoms with Crippen LogP contribution in [0.25, 0.3) is 0 Å². The molecule has 16 heavy (non-hydrogen) atoms. The van der Waals surface area contributed by atoms with Crippen molar-refractivity contribution in [3.63, 3.8) is 0 Å². The summed E-state index contributed by atoms with van der Waals surface area (Å²) >= 11 is 0. The monoisotopic (exact) mass is 225 g/mol. The average Bonchev–Trinajstić information content (AvgIpc) is 2.83. The van der Waals surface area contributed by atoms with Gasteiger partial charge in [-0.05, 0) is 31.5 Å². The number of nitrogens with zero attached hydrogens (tertiary/aromatic N) is 1. The topological polar surface area (TPSA) is 45.8 Å². The maximum absolute atomic E-state index is 8.74. The van der Waals surface area contributed by atoms with Crippen molar-refractivity contribution in [3.8, 4) is 0 Å². The number of ether oxygens (including phenoxy) is 1. The van der Waals surface area contributed by atoms with Crippen molar-refractivity contribution < 1.29 is 14.3 Å². The van der Waals surface area contributed by atoms with Crippen LogP contribution in [0.5, 0.6) is 0 Å². The highest BCUT2D eigenvalue weighted by atomic mass is 16.5. The van der Waals surface area contributed by atoms with Gasteiger partial charge in [0.2, 0.25) is 0 Å². The summed E-state index contributed by atoms with van der Waals surface area (Å²) in [5.74, 6) is 0.909. The molecule has 0 aliphatic carbocycles. The highest BCUT2D eigenvalue weighted by Crippen LogP contribution is 2.22. The number of aliphatic hydroxyl groups is 1. The van der Waals surface area contributed by atoms with Crippen molar-refractivity contribution in [1.29, 1.82) is 0 Å². The highest BCUT2D eigenvalue weighted by molar-refractivity contribution is 5.03. The Morgan fingerprint density at radius 1 is 1.44 bits per heavy atom. The first-order valence-corrected chi connectivity index (χ1v) is 5.88. The molecule has 1 aromatic rings. The van der Waals surface area contributed by atoms with E-state index in [2.05, 4.69) is 4.90 Å². The Morgan fingerprint density at radius 2 is 2.38 bits per heavy atom. The molecule has 1 N–H and O–H groups in total. The molecular formula is C12H19NO3. The zero-order valence-electron chi connectivity index (χ0n) is 9.47. The van der Waals surface area contributed by atoms with Gasteiger partial charge in [0.25, 0.3) is 0 Å². The van der Waals surface area contributed by atoms with Gasteiger partial charge in [-0.2, -0.15) is 0 Å². The fraction of sp³-hybridized carbons (Fsp3) is 0.667. The van der Waals surface area contributed by atoms with Gasteiger partial charge < -0.3 is 14.3 Å². The molecule has 1 fully saturated rings. The minimum Gasteiger partial charge on any atom is -0.467 e. The Labute approximate surface area is 95.8 Å². The maximum atomic E-state index is 8.74. The minimum absolute atomic E-state index is 0.0675. The predicted molar refractivity (Wildman–Crippen MR) is 60.2 cm³/mol. The molecular weight excluding hydrogens is 206 g/mol. The lowest BCUT2D eigenvalue weighted by atomic mass is 10.2. The van der Waals surface area contributed by atoms with Crippen LogP contribution in [0.15, 0.2) is 22.8 Å². The van der Waals surface area contributed by atoms with E-state index in [1.807, 2.05) is 12.1 Å². The van der Waals surface area contributed by atoms with Crippen molar-refractivity contribution in [2.45, 2.75) is 18.9 Å². The van der Waals surface area contributed by atoms with Gasteiger partial charge in [-0.25, -0.2) is 0 Å². The molecule has 0 bridgehead atoms. The molecule has 1 aliphatic heterocycles. The first-order valence-electron chi connectivity index (χ1n) is 5.88. The van der Waals surface area contributed by atoms with Gasteiger partial charge in [0.05, 0.1) is 12.9 Å². The molecule has 0 spiro atoms. The summed E-state index contributed by atoms with van der Waals surface area (Å²) in [5.41, 5.74) is 0. The molecule has 1 aliphatic rings. The first-order chi connectivity index (χ1) is 7.90. The van der Waals surface area contributed by atoms with E-state index in [0.717, 1.165) is 44.8 Å². The van der Waals surface area contributed by atoms with Crippen molar-refractivity contribution in [2.24, 2.45) is 0 Å². The standard InChI is InChI=1S/C12H19NO3/c14-7-2-1-5-13-6-9-16-12(10-13)11-4-3-8-15-11/h3-4,8,12,14H,1-2,5-7,9-10H2. The Kier molecular flexibility index (Phi) is 4.39. The number of morpholine rings is 1. The maximum Gasteiger partial charge on any atom is 0.133 e. The van der Waals surface area contributed by atoms with Crippen LogP contribution in [0.4, 0.5) is 0 Å². The van der Waals surface area contributed by atoms with Crippen LogP contribution in [-0.4, -0.2) is 42.9 Å². The predicted octanol–water partition coefficient (Wildman–Crippen LogP) is 1.43. The third kappa shape index (κ3) is 3.07. The molecule has 90 valence electrons. The zero-order valence-corrected chi connectivity index (χ0v) is 9.47. The van der Waals surface area contributed by atoms with Gasteiger partial charge in [-0.1, -0.05) is 0 Å². The zero-order chi connectivity index (χ0) is 11.2. The Balaban J connectivity index is 1.80. The van der Waals surface area contributed by atoms with E-state index in [1.165, 1.54) is 0 Å². The molecule has 0 aromatic carbocycles. The van der Waals surface area contributed by atoms with Gasteiger partial charge in [0, 0.05) is 19.7 Å². The number of hydrogen-bond acceptors (Lipinski definition) is 4. The normalized spacial score (nSPS) is 22.4. The second-order valence-corrected chi connectivity index (χ2v) is 4.11. The molecule has 1 aromatic heterocycles. The summed E-state index contributed by atoms with van der Waals surface area (Å²) in [5, 5.41) is 8.74. The lowest BCUT2D eigenvalue weighted by Crippen LogP contribution is -2.38. The fourth-order valence-corrected chi connectivity index (χ4v) is 2.00. The lowest BCUT2D eigenvalue weighted by Gasteiger charge is -2.31. The van der Waals surface area contributed by atoms with Crippen LogP contribution in [-0.2, 0) is 4.74 Å². The Bertz CT molecular complexity index is 286. The van der Waals surface area contributed by atoms with Crippen molar-refractivity contribution >= 4 is 0 Å². The van der Waals surface area contributed by atoms with E-state index in [1.54, 1.807) is 6.26 Å². The molecule has 4 heteroatoms. The first kappa shape index (κ1) is 11.6. The lowest BCUT2D eigenvalue weighted by molar-refractivity contribution is -0.0405. The van der Waals surface area contributed by atoms with E-state index in [0.29, 0.717) is 0 Å². The van der Waals surface area contributed by atoms with E-state index >= 15 is 0 Å². The minimum atomic E-state index is 0.0675. The van der Waals surface area contributed by atoms with Crippen LogP contribution >= 0.6 is 0 Å². The van der Waals surface area contributed by atoms with E-state index < -0.39 is 0 Å². The summed E-state index contributed by atoms with van der Waals surface area (Å²) in [6.07, 6.45) is 3.67. The van der Waals surface area contributed by atoms with Crippen molar-refractivity contribution in [1.82, 2.24) is 4.90 Å². The van der Waals surface area contributed by atoms with E-state index in [9.17, 15) is 0 Å². The Morgan fingerprint density at radius 3 is 3.12 bits per heavy atom. The van der Waals surface area contributed by atoms with Crippen LogP contribution in [0.3, 0.4) is 0 Å². The Hall–Kier alpha value is -0.840. The van der Waals surface area contributed by atoms with Crippen molar-refractivity contribution in [2.75, 3.05) is 32.8 Å². The molecule has 0 amide bonds. The van der Waals surface area contributed by atoms with Gasteiger partial charge in [0.15, 0.2) is 0 Å². The number of unbranched alkanes of at least 4 members (excludes halogenated alkanes) is 1. The van der Waals surface area contributed by atoms with Crippen LogP contribution < -0.4 is 0 Å². The fourth-order valence-electron chi connectivity index (χ4n) is 2.00. The third-order valence-corrected chi connectivity index (χ3v) is 2.89. The van der Waals surface area contributed by atoms with Gasteiger partial charge in [-0.15, -0.1) is 0 Å². The molecule has 2 heterocycles. The summed E-state index contributed by atoms with van der Waals surface area (Å²) in [6.45, 7) is 3.93. The summed E-state index contributed by atoms with van der Waals surface area (Å²) < 4.78 is 11.0. The summed E-state index contributed by atoms with van der Waals surface area (Å²) in [6, 6.07) is 3.85. The molecule has 2 rings (SSSR count). The van der Waals surface area contributed by atoms with E-state index in [-0.39, 0.29) is 12.7 Å². The molecule has 1 unspecified atom stereocenters. The summed E-state index contributed by atoms with van der Waals surface area (Å²) in [7, 11) is 0. The smallest absolute Gasteiger partial charge is 0.133 e. The number of hydrogen-bond donors (Lipinski definition) is 1. The number of furan rings is 1. The third-order valence-electron chi connectivity index (χ3n) is 2.89. The SMILES string of the molecule is OCCCCN1CCOC(c2ccco2)C1. The quantitative estimate of drug-likeness (QED) is 0.770. The van der Waals surface area contributed by atoms with Crippen molar-refractivity contribution in [3.05, 3.63) is 24.2 Å². The van der Waals surface area contributed by atoms with Crippen LogP contribution in [0.1, 0.15) is 24.7 Å². The molecule has 0 radical (unpaired) electrons. The average molecular weight is 225 g/mol.